The third-order valence-electron chi connectivity index (χ3n) is 2.81. The van der Waals surface area contributed by atoms with E-state index in [9.17, 15) is 9.90 Å². The number of rotatable bonds is 2. The average molecular weight is 269 g/mol. The lowest BCUT2D eigenvalue weighted by atomic mass is 10.2. The van der Waals surface area contributed by atoms with Crippen molar-refractivity contribution in [2.45, 2.75) is 6.92 Å². The van der Waals surface area contributed by atoms with Gasteiger partial charge >= 0.3 is 5.63 Å². The second-order valence-electron chi connectivity index (χ2n) is 4.36. The zero-order valence-corrected chi connectivity index (χ0v) is 10.7. The molecule has 3 aromatic rings. The van der Waals surface area contributed by atoms with Crippen LogP contribution >= 0.6 is 0 Å². The predicted octanol–water partition coefficient (Wildman–Crippen LogP) is 3.15. The van der Waals surface area contributed by atoms with Crippen molar-refractivity contribution >= 4 is 22.9 Å². The Bertz CT molecular complexity index is 844. The lowest BCUT2D eigenvalue weighted by Gasteiger charge is -1.99. The van der Waals surface area contributed by atoms with Crippen molar-refractivity contribution in [1.82, 2.24) is 4.98 Å². The third kappa shape index (κ3) is 2.21. The Balaban J connectivity index is 2.14. The smallest absolute Gasteiger partial charge is 0.362 e. The first kappa shape index (κ1) is 12.2. The van der Waals surface area contributed by atoms with E-state index in [4.69, 9.17) is 8.83 Å². The van der Waals surface area contributed by atoms with E-state index in [1.165, 1.54) is 12.3 Å². The van der Waals surface area contributed by atoms with Crippen LogP contribution in [0.25, 0.3) is 22.9 Å². The number of nitrogens with zero attached hydrogens (tertiary/aromatic N) is 1. The molecule has 1 N–H and O–H groups in total. The van der Waals surface area contributed by atoms with Gasteiger partial charge in [0.1, 0.15) is 5.52 Å². The lowest BCUT2D eigenvalue weighted by molar-refractivity contribution is 0.461. The van der Waals surface area contributed by atoms with Gasteiger partial charge in [-0.3, -0.25) is 0 Å². The summed E-state index contributed by atoms with van der Waals surface area (Å²) in [5.41, 5.74) is 1.39. The summed E-state index contributed by atoms with van der Waals surface area (Å²) in [6, 6.07) is 8.55. The highest BCUT2D eigenvalue weighted by molar-refractivity contribution is 5.77. The van der Waals surface area contributed by atoms with Crippen LogP contribution in [0, 0.1) is 6.92 Å². The van der Waals surface area contributed by atoms with Gasteiger partial charge in [0.05, 0.1) is 6.26 Å². The molecule has 0 aliphatic rings. The van der Waals surface area contributed by atoms with Crippen molar-refractivity contribution in [1.29, 1.82) is 0 Å². The molecule has 100 valence electrons. The van der Waals surface area contributed by atoms with Crippen LogP contribution < -0.4 is 5.63 Å². The molecule has 0 spiro atoms. The number of aliphatic hydroxyl groups excluding tert-OH is 1. The zero-order valence-electron chi connectivity index (χ0n) is 10.7. The normalized spacial score (nSPS) is 11.9. The van der Waals surface area contributed by atoms with Crippen molar-refractivity contribution in [3.05, 3.63) is 64.0 Å². The second kappa shape index (κ2) is 4.70. The van der Waals surface area contributed by atoms with Gasteiger partial charge in [0, 0.05) is 6.08 Å². The molecule has 0 bridgehead atoms. The summed E-state index contributed by atoms with van der Waals surface area (Å²) in [4.78, 5) is 16.0. The largest absolute Gasteiger partial charge is 0.504 e. The SMILES string of the molecule is Cc1ccc2oc(=O)c(/C=C(\O)c3ccco3)nc2c1. The van der Waals surface area contributed by atoms with E-state index in [-0.39, 0.29) is 17.2 Å². The van der Waals surface area contributed by atoms with Crippen LogP contribution in [0.2, 0.25) is 0 Å². The second-order valence-corrected chi connectivity index (χ2v) is 4.36. The molecule has 0 fully saturated rings. The fraction of sp³-hybridized carbons (Fsp3) is 0.0667. The van der Waals surface area contributed by atoms with Crippen LogP contribution in [0.4, 0.5) is 0 Å². The van der Waals surface area contributed by atoms with Gasteiger partial charge in [-0.25, -0.2) is 9.78 Å². The van der Waals surface area contributed by atoms with Gasteiger partial charge < -0.3 is 13.9 Å². The minimum absolute atomic E-state index is 0.0250. The molecular formula is C15H11NO4. The lowest BCUT2D eigenvalue weighted by Crippen LogP contribution is -2.06. The molecule has 1 aromatic carbocycles. The molecule has 2 aromatic heterocycles. The molecule has 2 heterocycles. The van der Waals surface area contributed by atoms with Crippen molar-refractivity contribution in [3.63, 3.8) is 0 Å². The number of hydrogen-bond acceptors (Lipinski definition) is 5. The van der Waals surface area contributed by atoms with Crippen LogP contribution in [0.3, 0.4) is 0 Å². The number of hydrogen-bond donors (Lipinski definition) is 1. The Hall–Kier alpha value is -2.82. The van der Waals surface area contributed by atoms with Crippen molar-refractivity contribution < 1.29 is 13.9 Å². The van der Waals surface area contributed by atoms with E-state index in [1.54, 1.807) is 24.3 Å². The zero-order chi connectivity index (χ0) is 14.1. The van der Waals surface area contributed by atoms with E-state index in [2.05, 4.69) is 4.98 Å². The predicted molar refractivity (Wildman–Crippen MR) is 74.2 cm³/mol. The Labute approximate surface area is 113 Å². The van der Waals surface area contributed by atoms with E-state index in [0.717, 1.165) is 5.56 Å². The average Bonchev–Trinajstić information content (AvgIpc) is 2.94. The summed E-state index contributed by atoms with van der Waals surface area (Å²) in [5, 5.41) is 9.86. The van der Waals surface area contributed by atoms with E-state index in [0.29, 0.717) is 11.1 Å². The maximum absolute atomic E-state index is 11.8. The van der Waals surface area contributed by atoms with Crippen LogP contribution in [0.5, 0.6) is 0 Å². The van der Waals surface area contributed by atoms with E-state index >= 15 is 0 Å². The molecule has 0 saturated heterocycles. The molecule has 0 saturated carbocycles. The first-order valence-electron chi connectivity index (χ1n) is 5.99. The minimum Gasteiger partial charge on any atom is -0.504 e. The molecule has 5 nitrogen and oxygen atoms in total. The molecule has 0 aliphatic carbocycles. The molecule has 0 atom stereocenters. The number of aryl methyl sites for hydroxylation is 1. The molecule has 0 aliphatic heterocycles. The standard InChI is InChI=1S/C15H11NO4/c1-9-4-5-13-10(7-9)16-11(15(18)20-13)8-12(17)14-3-2-6-19-14/h2-8,17H,1H3/b12-8-. The van der Waals surface area contributed by atoms with Gasteiger partial charge in [-0.15, -0.1) is 0 Å². The molecule has 3 rings (SSSR count). The number of fused-ring (bicyclic) bond motifs is 1. The first-order chi connectivity index (χ1) is 9.63. The van der Waals surface area contributed by atoms with E-state index in [1.807, 2.05) is 13.0 Å². The number of furan rings is 1. The quantitative estimate of drug-likeness (QED) is 0.723. The topological polar surface area (TPSA) is 76.5 Å². The Morgan fingerprint density at radius 2 is 2.20 bits per heavy atom. The molecule has 0 amide bonds. The molecule has 0 unspecified atom stereocenters. The highest BCUT2D eigenvalue weighted by atomic mass is 16.4. The fourth-order valence-corrected chi connectivity index (χ4v) is 1.84. The van der Waals surface area contributed by atoms with Crippen molar-refractivity contribution in [2.24, 2.45) is 0 Å². The fourth-order valence-electron chi connectivity index (χ4n) is 1.84. The third-order valence-corrected chi connectivity index (χ3v) is 2.81. The Kier molecular flexibility index (Phi) is 2.87. The summed E-state index contributed by atoms with van der Waals surface area (Å²) in [6.45, 7) is 1.92. The maximum Gasteiger partial charge on any atom is 0.362 e. The molecule has 5 heteroatoms. The minimum atomic E-state index is -0.612. The van der Waals surface area contributed by atoms with Crippen LogP contribution in [0.15, 0.2) is 50.2 Å². The molecule has 20 heavy (non-hydrogen) atoms. The monoisotopic (exact) mass is 269 g/mol. The van der Waals surface area contributed by atoms with Gasteiger partial charge in [-0.2, -0.15) is 0 Å². The first-order valence-corrected chi connectivity index (χ1v) is 5.99. The van der Waals surface area contributed by atoms with Crippen molar-refractivity contribution in [3.8, 4) is 0 Å². The summed E-state index contributed by atoms with van der Waals surface area (Å²) in [7, 11) is 0. The van der Waals surface area contributed by atoms with Gasteiger partial charge in [0.2, 0.25) is 0 Å². The van der Waals surface area contributed by atoms with Crippen LogP contribution in [-0.4, -0.2) is 10.1 Å². The van der Waals surface area contributed by atoms with Gasteiger partial charge in [0.15, 0.2) is 22.8 Å². The highest BCUT2D eigenvalue weighted by Crippen LogP contribution is 2.16. The van der Waals surface area contributed by atoms with Gasteiger partial charge in [0.25, 0.3) is 0 Å². The van der Waals surface area contributed by atoms with E-state index < -0.39 is 5.63 Å². The van der Waals surface area contributed by atoms with Gasteiger partial charge in [-0.05, 0) is 36.8 Å². The number of aliphatic hydroxyl groups is 1. The van der Waals surface area contributed by atoms with Crippen LogP contribution in [-0.2, 0) is 0 Å². The Morgan fingerprint density at radius 1 is 1.35 bits per heavy atom. The summed E-state index contributed by atoms with van der Waals surface area (Å²) in [6.07, 6.45) is 2.66. The molecular weight excluding hydrogens is 258 g/mol. The highest BCUT2D eigenvalue weighted by Gasteiger charge is 2.08. The van der Waals surface area contributed by atoms with Crippen LogP contribution in [0.1, 0.15) is 17.0 Å². The maximum atomic E-state index is 11.8. The van der Waals surface area contributed by atoms with Gasteiger partial charge in [-0.1, -0.05) is 6.07 Å². The summed E-state index contributed by atoms with van der Waals surface area (Å²) < 4.78 is 10.2. The summed E-state index contributed by atoms with van der Waals surface area (Å²) >= 11 is 0. The number of aromatic nitrogens is 1. The van der Waals surface area contributed by atoms with Crippen molar-refractivity contribution in [2.75, 3.05) is 0 Å². The summed E-state index contributed by atoms with van der Waals surface area (Å²) in [5.74, 6) is 0.0809. The Morgan fingerprint density at radius 3 is 2.95 bits per heavy atom. The number of benzene rings is 1. The molecule has 0 radical (unpaired) electrons.